The minimum Gasteiger partial charge on any atom is -0.480 e. The van der Waals surface area contributed by atoms with Crippen LogP contribution in [0.3, 0.4) is 0 Å². The van der Waals surface area contributed by atoms with Gasteiger partial charge >= 0.3 is 23.9 Å². The van der Waals surface area contributed by atoms with Crippen molar-refractivity contribution < 1.29 is 38.5 Å². The van der Waals surface area contributed by atoms with E-state index in [0.29, 0.717) is 11.0 Å². The number of carbonyl (C=O) groups excluding carboxylic acids is 3. The third-order valence-corrected chi connectivity index (χ3v) is 6.21. The fourth-order valence-corrected chi connectivity index (χ4v) is 4.08. The van der Waals surface area contributed by atoms with Crippen LogP contribution in [0.2, 0.25) is 0 Å². The first-order chi connectivity index (χ1) is 18.8. The molecular weight excluding hydrogens is 528 g/mol. The summed E-state index contributed by atoms with van der Waals surface area (Å²) in [5.74, 6) is -4.03. The monoisotopic (exact) mass is 558 g/mol. The average molecular weight is 559 g/mol. The van der Waals surface area contributed by atoms with Crippen LogP contribution in [0.5, 0.6) is 0 Å². The molecule has 0 saturated carbocycles. The molecule has 0 fully saturated rings. The van der Waals surface area contributed by atoms with E-state index in [1.807, 2.05) is 13.8 Å². The van der Waals surface area contributed by atoms with Gasteiger partial charge in [0.15, 0.2) is 5.69 Å². The maximum Gasteiger partial charge on any atom is 0.325 e. The first kappa shape index (κ1) is 29.9. The van der Waals surface area contributed by atoms with Crippen molar-refractivity contribution in [1.29, 1.82) is 0 Å². The highest BCUT2D eigenvalue weighted by molar-refractivity contribution is 5.79. The number of carbonyl (C=O) groups is 4. The van der Waals surface area contributed by atoms with Crippen molar-refractivity contribution >= 4 is 34.9 Å². The highest BCUT2D eigenvalue weighted by Crippen LogP contribution is 2.23. The first-order valence-corrected chi connectivity index (χ1v) is 12.3. The van der Waals surface area contributed by atoms with Gasteiger partial charge in [0.1, 0.15) is 25.4 Å². The Morgan fingerprint density at radius 3 is 2.20 bits per heavy atom. The van der Waals surface area contributed by atoms with E-state index in [0.717, 1.165) is 15.8 Å². The number of fused-ring (bicyclic) bond motifs is 1. The molecule has 3 atom stereocenters. The van der Waals surface area contributed by atoms with Gasteiger partial charge in [-0.15, -0.1) is 5.10 Å². The maximum absolute atomic E-state index is 13.9. The molecule has 0 saturated heterocycles. The molecule has 0 amide bonds. The van der Waals surface area contributed by atoms with E-state index < -0.39 is 54.1 Å². The number of esters is 3. The molecule has 0 aliphatic carbocycles. The van der Waals surface area contributed by atoms with Crippen LogP contribution in [0, 0.1) is 19.8 Å². The summed E-state index contributed by atoms with van der Waals surface area (Å²) < 4.78 is 18.3. The summed E-state index contributed by atoms with van der Waals surface area (Å²) in [7, 11) is 0. The molecule has 1 aromatic carbocycles. The van der Waals surface area contributed by atoms with E-state index in [1.165, 1.54) is 25.3 Å². The van der Waals surface area contributed by atoms with Crippen molar-refractivity contribution in [3.63, 3.8) is 0 Å². The summed E-state index contributed by atoms with van der Waals surface area (Å²) in [5, 5.41) is 20.2. The third kappa shape index (κ3) is 7.03. The van der Waals surface area contributed by atoms with Gasteiger partial charge in [0.05, 0.1) is 17.6 Å². The average Bonchev–Trinajstić information content (AvgIpc) is 3.30. The largest absolute Gasteiger partial charge is 0.480 e. The zero-order chi connectivity index (χ0) is 29.7. The van der Waals surface area contributed by atoms with E-state index in [9.17, 15) is 29.1 Å². The van der Waals surface area contributed by atoms with Gasteiger partial charge in [-0.3, -0.25) is 24.0 Å². The fourth-order valence-electron chi connectivity index (χ4n) is 4.08. The van der Waals surface area contributed by atoms with E-state index in [2.05, 4.69) is 20.5 Å². The highest BCUT2D eigenvalue weighted by atomic mass is 16.6. The first-order valence-electron chi connectivity index (χ1n) is 12.3. The Morgan fingerprint density at radius 1 is 0.975 bits per heavy atom. The summed E-state index contributed by atoms with van der Waals surface area (Å²) in [6.07, 6.45) is -2.04. The molecule has 214 valence electrons. The minimum atomic E-state index is -1.23. The van der Waals surface area contributed by atoms with Crippen molar-refractivity contribution in [3.05, 3.63) is 33.6 Å². The molecule has 40 heavy (non-hydrogen) atoms. The Hall–Kier alpha value is -4.69. The van der Waals surface area contributed by atoms with Crippen molar-refractivity contribution in [3.8, 4) is 11.5 Å². The lowest BCUT2D eigenvalue weighted by Crippen LogP contribution is -2.42. The molecule has 15 nitrogen and oxygen atoms in total. The Bertz CT molecular complexity index is 1510. The number of hydrogen-bond donors (Lipinski definition) is 1. The third-order valence-electron chi connectivity index (χ3n) is 6.21. The van der Waals surface area contributed by atoms with Gasteiger partial charge in [0, 0.05) is 26.7 Å². The van der Waals surface area contributed by atoms with Gasteiger partial charge in [-0.2, -0.15) is 0 Å². The number of benzene rings is 1. The predicted molar refractivity (Wildman–Crippen MR) is 137 cm³/mol. The second kappa shape index (κ2) is 12.4. The van der Waals surface area contributed by atoms with Gasteiger partial charge in [-0.05, 0) is 47.5 Å². The van der Waals surface area contributed by atoms with Crippen LogP contribution in [-0.2, 0) is 46.5 Å². The van der Waals surface area contributed by atoms with Crippen LogP contribution in [0.1, 0.15) is 38.8 Å². The zero-order valence-electron chi connectivity index (χ0n) is 22.9. The number of aryl methyl sites for hydroxylation is 2. The highest BCUT2D eigenvalue weighted by Gasteiger charge is 2.33. The lowest BCUT2D eigenvalue weighted by Gasteiger charge is -2.30. The van der Waals surface area contributed by atoms with E-state index in [1.54, 1.807) is 19.1 Å². The van der Waals surface area contributed by atoms with Crippen molar-refractivity contribution in [2.24, 2.45) is 5.92 Å². The van der Waals surface area contributed by atoms with E-state index in [-0.39, 0.29) is 24.7 Å². The smallest absolute Gasteiger partial charge is 0.325 e. The maximum atomic E-state index is 13.9. The normalized spacial score (nSPS) is 13.3. The SMILES string of the molecule is CC(=O)OC[C@@H](OC(C)=O)[C@@H](C)[C@H](Cn1c(=O)c(-c2nnnn2CC(=O)O)nc2cc(C)c(C)cc21)OC(C)=O. The molecule has 0 spiro atoms. The topological polar surface area (TPSA) is 195 Å². The number of aromatic nitrogens is 6. The number of carboxylic acid groups (broad SMARTS) is 1. The Kier molecular flexibility index (Phi) is 9.29. The van der Waals surface area contributed by atoms with Crippen LogP contribution < -0.4 is 5.56 Å². The number of hydrogen-bond acceptors (Lipinski definition) is 12. The molecule has 0 aliphatic rings. The summed E-state index contributed by atoms with van der Waals surface area (Å²) in [6.45, 7) is 7.80. The minimum absolute atomic E-state index is 0.161. The van der Waals surface area contributed by atoms with Crippen molar-refractivity contribution in [2.75, 3.05) is 6.61 Å². The molecule has 2 aromatic heterocycles. The lowest BCUT2D eigenvalue weighted by atomic mass is 9.97. The number of carboxylic acids is 1. The second-order valence-corrected chi connectivity index (χ2v) is 9.31. The number of nitrogens with zero attached hydrogens (tertiary/aromatic N) is 6. The second-order valence-electron chi connectivity index (χ2n) is 9.31. The van der Waals surface area contributed by atoms with Crippen LogP contribution in [0.15, 0.2) is 16.9 Å². The van der Waals surface area contributed by atoms with Gasteiger partial charge < -0.3 is 23.9 Å². The number of tetrazole rings is 1. The zero-order valence-corrected chi connectivity index (χ0v) is 22.9. The molecule has 3 rings (SSSR count). The van der Waals surface area contributed by atoms with E-state index in [4.69, 9.17) is 14.2 Å². The van der Waals surface area contributed by atoms with Gasteiger partial charge in [-0.1, -0.05) is 6.92 Å². The molecule has 0 radical (unpaired) electrons. The van der Waals surface area contributed by atoms with Crippen LogP contribution in [0.25, 0.3) is 22.6 Å². The summed E-state index contributed by atoms with van der Waals surface area (Å²) in [6, 6.07) is 3.50. The predicted octanol–water partition coefficient (Wildman–Crippen LogP) is 0.814. The van der Waals surface area contributed by atoms with Gasteiger partial charge in [-0.25, -0.2) is 9.67 Å². The van der Waals surface area contributed by atoms with E-state index >= 15 is 0 Å². The molecule has 0 aliphatic heterocycles. The van der Waals surface area contributed by atoms with Crippen molar-refractivity contribution in [1.82, 2.24) is 29.8 Å². The van der Waals surface area contributed by atoms with Crippen LogP contribution >= 0.6 is 0 Å². The number of ether oxygens (including phenoxy) is 3. The molecule has 2 heterocycles. The van der Waals surface area contributed by atoms with Crippen LogP contribution in [-0.4, -0.2) is 77.6 Å². The molecule has 0 bridgehead atoms. The molecule has 15 heteroatoms. The molecule has 1 N–H and O–H groups in total. The fraction of sp³-hybridized carbons (Fsp3) is 0.480. The van der Waals surface area contributed by atoms with Gasteiger partial charge in [0.2, 0.25) is 5.82 Å². The quantitative estimate of drug-likeness (QED) is 0.257. The Morgan fingerprint density at radius 2 is 1.60 bits per heavy atom. The molecular formula is C25H30N6O9. The summed E-state index contributed by atoms with van der Waals surface area (Å²) in [4.78, 5) is 65.0. The Labute approximate surface area is 228 Å². The van der Waals surface area contributed by atoms with Crippen molar-refractivity contribution in [2.45, 2.75) is 66.8 Å². The summed E-state index contributed by atoms with van der Waals surface area (Å²) in [5.41, 5.74) is 1.63. The lowest BCUT2D eigenvalue weighted by molar-refractivity contribution is -0.167. The summed E-state index contributed by atoms with van der Waals surface area (Å²) >= 11 is 0. The molecule has 0 unspecified atom stereocenters. The number of aliphatic carboxylic acids is 1. The standard InChI is InChI=1S/C25H30N6O9/c1-12-7-18-19(8-13(12)2)30(25(37)23(26-18)24-27-28-29-31(24)10-22(35)36)9-20(39-16(5)33)14(3)21(40-17(6)34)11-38-15(4)32/h7-8,14,20-21H,9-11H2,1-6H3,(H,35,36)/t14-,20-,21+/m0/s1. The van der Waals surface area contributed by atoms with Crippen LogP contribution in [0.4, 0.5) is 0 Å². The number of rotatable bonds is 11. The Balaban J connectivity index is 2.20. The van der Waals surface area contributed by atoms with Gasteiger partial charge in [0.25, 0.3) is 5.56 Å². The molecule has 3 aromatic rings.